The second-order valence-electron chi connectivity index (χ2n) is 3.98. The molecular formula is C16H14O4. The molecule has 0 atom stereocenters. The fourth-order valence-corrected chi connectivity index (χ4v) is 1.63. The van der Waals surface area contributed by atoms with Gasteiger partial charge in [0, 0.05) is 0 Å². The third kappa shape index (κ3) is 3.38. The molecule has 102 valence electrons. The number of aromatic carboxylic acids is 1. The highest BCUT2D eigenvalue weighted by atomic mass is 16.7. The van der Waals surface area contributed by atoms with E-state index < -0.39 is 5.97 Å². The highest BCUT2D eigenvalue weighted by Gasteiger charge is 2.09. The van der Waals surface area contributed by atoms with Crippen LogP contribution in [0.3, 0.4) is 0 Å². The number of ether oxygens (including phenoxy) is 2. The molecular weight excluding hydrogens is 256 g/mol. The van der Waals surface area contributed by atoms with E-state index in [1.807, 2.05) is 12.1 Å². The summed E-state index contributed by atoms with van der Waals surface area (Å²) in [6.45, 7) is 3.61. The SMILES string of the molecule is C=Cc1ccc(OCOc2ccccc2C(=O)O)cc1. The fraction of sp³-hybridized carbons (Fsp3) is 0.0625. The van der Waals surface area contributed by atoms with Gasteiger partial charge in [0.1, 0.15) is 17.1 Å². The van der Waals surface area contributed by atoms with Gasteiger partial charge in [-0.05, 0) is 29.8 Å². The molecule has 0 saturated heterocycles. The van der Waals surface area contributed by atoms with E-state index in [1.54, 1.807) is 36.4 Å². The summed E-state index contributed by atoms with van der Waals surface area (Å²) in [5.74, 6) is -0.109. The second kappa shape index (κ2) is 6.43. The molecule has 2 aromatic rings. The average Bonchev–Trinajstić information content (AvgIpc) is 2.48. The lowest BCUT2D eigenvalue weighted by Crippen LogP contribution is -2.09. The molecule has 0 aliphatic carbocycles. The van der Waals surface area contributed by atoms with E-state index in [1.165, 1.54) is 6.07 Å². The van der Waals surface area contributed by atoms with Crippen LogP contribution in [0, 0.1) is 0 Å². The van der Waals surface area contributed by atoms with Gasteiger partial charge >= 0.3 is 5.97 Å². The molecule has 20 heavy (non-hydrogen) atoms. The van der Waals surface area contributed by atoms with Gasteiger partial charge in [-0.1, -0.05) is 36.9 Å². The van der Waals surface area contributed by atoms with Crippen molar-refractivity contribution in [2.45, 2.75) is 0 Å². The number of benzene rings is 2. The van der Waals surface area contributed by atoms with Crippen molar-refractivity contribution in [2.24, 2.45) is 0 Å². The molecule has 0 radical (unpaired) electrons. The first-order chi connectivity index (χ1) is 9.70. The minimum absolute atomic E-state index is 0.0578. The molecule has 0 fully saturated rings. The molecule has 4 heteroatoms. The van der Waals surface area contributed by atoms with Gasteiger partial charge in [0.2, 0.25) is 6.79 Å². The molecule has 2 aromatic carbocycles. The molecule has 0 aliphatic rings. The van der Waals surface area contributed by atoms with Crippen molar-refractivity contribution < 1.29 is 19.4 Å². The molecule has 0 bridgehead atoms. The summed E-state index contributed by atoms with van der Waals surface area (Å²) < 4.78 is 10.7. The fourth-order valence-electron chi connectivity index (χ4n) is 1.63. The Balaban J connectivity index is 1.95. The Kier molecular flexibility index (Phi) is 4.39. The van der Waals surface area contributed by atoms with Gasteiger partial charge in [0.15, 0.2) is 0 Å². The van der Waals surface area contributed by atoms with Crippen LogP contribution in [-0.4, -0.2) is 17.9 Å². The number of carboxylic acids is 1. The molecule has 0 spiro atoms. The van der Waals surface area contributed by atoms with E-state index in [0.717, 1.165) is 5.56 Å². The Morgan fingerprint density at radius 1 is 1.10 bits per heavy atom. The van der Waals surface area contributed by atoms with E-state index >= 15 is 0 Å². The Bertz CT molecular complexity index is 602. The molecule has 0 saturated carbocycles. The van der Waals surface area contributed by atoms with E-state index in [9.17, 15) is 4.79 Å². The van der Waals surface area contributed by atoms with Crippen molar-refractivity contribution in [1.29, 1.82) is 0 Å². The molecule has 4 nitrogen and oxygen atoms in total. The summed E-state index contributed by atoms with van der Waals surface area (Å²) in [6.07, 6.45) is 1.74. The minimum atomic E-state index is -1.03. The highest BCUT2D eigenvalue weighted by Crippen LogP contribution is 2.18. The molecule has 0 aromatic heterocycles. The van der Waals surface area contributed by atoms with Gasteiger partial charge in [0.25, 0.3) is 0 Å². The summed E-state index contributed by atoms with van der Waals surface area (Å²) in [7, 11) is 0. The van der Waals surface area contributed by atoms with Crippen molar-refractivity contribution in [1.82, 2.24) is 0 Å². The maximum atomic E-state index is 11.0. The number of para-hydroxylation sites is 1. The van der Waals surface area contributed by atoms with Crippen LogP contribution in [0.4, 0.5) is 0 Å². The predicted molar refractivity (Wildman–Crippen MR) is 76.1 cm³/mol. The summed E-state index contributed by atoms with van der Waals surface area (Å²) in [6, 6.07) is 13.8. The lowest BCUT2D eigenvalue weighted by molar-refractivity contribution is 0.0682. The van der Waals surface area contributed by atoms with Crippen molar-refractivity contribution >= 4 is 12.0 Å². The van der Waals surface area contributed by atoms with Crippen molar-refractivity contribution in [3.8, 4) is 11.5 Å². The monoisotopic (exact) mass is 270 g/mol. The van der Waals surface area contributed by atoms with Crippen LogP contribution < -0.4 is 9.47 Å². The number of hydrogen-bond donors (Lipinski definition) is 1. The largest absolute Gasteiger partial charge is 0.478 e. The molecule has 0 unspecified atom stereocenters. The first-order valence-electron chi connectivity index (χ1n) is 6.01. The number of carboxylic acid groups (broad SMARTS) is 1. The lowest BCUT2D eigenvalue weighted by atomic mass is 10.2. The Hall–Kier alpha value is -2.75. The predicted octanol–water partition coefficient (Wildman–Crippen LogP) is 3.44. The third-order valence-electron chi connectivity index (χ3n) is 2.67. The third-order valence-corrected chi connectivity index (χ3v) is 2.67. The van der Waals surface area contributed by atoms with Crippen LogP contribution in [0.2, 0.25) is 0 Å². The molecule has 1 N–H and O–H groups in total. The van der Waals surface area contributed by atoms with E-state index in [0.29, 0.717) is 5.75 Å². The summed E-state index contributed by atoms with van der Waals surface area (Å²) >= 11 is 0. The van der Waals surface area contributed by atoms with E-state index in [-0.39, 0.29) is 18.1 Å². The normalized spacial score (nSPS) is 9.80. The molecule has 0 aliphatic heterocycles. The van der Waals surface area contributed by atoms with Crippen LogP contribution in [0.1, 0.15) is 15.9 Å². The Labute approximate surface area is 116 Å². The standard InChI is InChI=1S/C16H14O4/c1-2-12-7-9-13(10-8-12)19-11-20-15-6-4-3-5-14(15)16(17)18/h2-10H,1,11H2,(H,17,18). The van der Waals surface area contributed by atoms with E-state index in [2.05, 4.69) is 6.58 Å². The average molecular weight is 270 g/mol. The van der Waals surface area contributed by atoms with Crippen LogP contribution >= 0.6 is 0 Å². The quantitative estimate of drug-likeness (QED) is 0.817. The first kappa shape index (κ1) is 13.7. The summed E-state index contributed by atoms with van der Waals surface area (Å²) in [4.78, 5) is 11.0. The smallest absolute Gasteiger partial charge is 0.339 e. The van der Waals surface area contributed by atoms with Crippen LogP contribution in [0.5, 0.6) is 11.5 Å². The second-order valence-corrected chi connectivity index (χ2v) is 3.98. The van der Waals surface area contributed by atoms with Gasteiger partial charge in [0.05, 0.1) is 0 Å². The first-order valence-corrected chi connectivity index (χ1v) is 6.01. The van der Waals surface area contributed by atoms with Gasteiger partial charge in [-0.3, -0.25) is 0 Å². The lowest BCUT2D eigenvalue weighted by Gasteiger charge is -2.10. The number of hydrogen-bond acceptors (Lipinski definition) is 3. The Morgan fingerprint density at radius 3 is 2.45 bits per heavy atom. The van der Waals surface area contributed by atoms with Crippen molar-refractivity contribution in [3.63, 3.8) is 0 Å². The van der Waals surface area contributed by atoms with Crippen LogP contribution in [0.15, 0.2) is 55.1 Å². The van der Waals surface area contributed by atoms with Crippen molar-refractivity contribution in [2.75, 3.05) is 6.79 Å². The molecule has 2 rings (SSSR count). The number of carbonyl (C=O) groups is 1. The van der Waals surface area contributed by atoms with Crippen LogP contribution in [-0.2, 0) is 0 Å². The maximum Gasteiger partial charge on any atom is 0.339 e. The number of rotatable bonds is 6. The molecule has 0 amide bonds. The van der Waals surface area contributed by atoms with Gasteiger partial charge in [-0.2, -0.15) is 0 Å². The maximum absolute atomic E-state index is 11.0. The highest BCUT2D eigenvalue weighted by molar-refractivity contribution is 5.90. The minimum Gasteiger partial charge on any atom is -0.478 e. The van der Waals surface area contributed by atoms with Crippen LogP contribution in [0.25, 0.3) is 6.08 Å². The zero-order valence-electron chi connectivity index (χ0n) is 10.8. The zero-order valence-corrected chi connectivity index (χ0v) is 10.8. The van der Waals surface area contributed by atoms with Gasteiger partial charge in [-0.25, -0.2) is 4.79 Å². The van der Waals surface area contributed by atoms with Gasteiger partial charge in [-0.15, -0.1) is 0 Å². The molecule has 0 heterocycles. The van der Waals surface area contributed by atoms with E-state index in [4.69, 9.17) is 14.6 Å². The van der Waals surface area contributed by atoms with Crippen molar-refractivity contribution in [3.05, 3.63) is 66.2 Å². The summed E-state index contributed by atoms with van der Waals surface area (Å²) in [5, 5.41) is 9.01. The van der Waals surface area contributed by atoms with Gasteiger partial charge < -0.3 is 14.6 Å². The Morgan fingerprint density at radius 2 is 1.80 bits per heavy atom. The summed E-state index contributed by atoms with van der Waals surface area (Å²) in [5.41, 5.74) is 1.10. The topological polar surface area (TPSA) is 55.8 Å². The zero-order chi connectivity index (χ0) is 14.4.